The maximum absolute atomic E-state index is 13.5. The van der Waals surface area contributed by atoms with E-state index >= 15 is 0 Å². The van der Waals surface area contributed by atoms with Crippen LogP contribution in [0.1, 0.15) is 28.6 Å². The molecule has 0 unspecified atom stereocenters. The van der Waals surface area contributed by atoms with Crippen LogP contribution in [0.4, 0.5) is 13.2 Å². The van der Waals surface area contributed by atoms with Gasteiger partial charge in [-0.25, -0.2) is 4.79 Å². The Labute approximate surface area is 215 Å². The Morgan fingerprint density at radius 1 is 1.22 bits per heavy atom. The highest BCUT2D eigenvalue weighted by atomic mass is 79.9. The van der Waals surface area contributed by atoms with Crippen LogP contribution in [0, 0.1) is 11.5 Å². The Bertz CT molecular complexity index is 1400. The number of fused-ring (bicyclic) bond motifs is 3. The predicted molar refractivity (Wildman–Crippen MR) is 135 cm³/mol. The lowest BCUT2D eigenvalue weighted by Gasteiger charge is -2.39. The highest BCUT2D eigenvalue weighted by molar-refractivity contribution is 9.10. The number of ether oxygens (including phenoxy) is 1. The van der Waals surface area contributed by atoms with Gasteiger partial charge in [-0.1, -0.05) is 41.6 Å². The number of nitrogens with one attached hydrogen (secondary N) is 1. The molecule has 1 aromatic carbocycles. The first-order valence-corrected chi connectivity index (χ1v) is 15.4. The van der Waals surface area contributed by atoms with Gasteiger partial charge in [0.05, 0.1) is 7.11 Å². The molecule has 0 bridgehead atoms. The number of rotatable bonds is 2. The third-order valence-electron chi connectivity index (χ3n) is 5.83. The van der Waals surface area contributed by atoms with Gasteiger partial charge in [0.2, 0.25) is 0 Å². The number of carbonyl (C=O) groups excluding carboxylic acids is 2. The second kappa shape index (κ2) is 9.41. The van der Waals surface area contributed by atoms with Crippen molar-refractivity contribution in [1.29, 1.82) is 0 Å². The summed E-state index contributed by atoms with van der Waals surface area (Å²) in [5, 5.41) is 0.832. The molecule has 0 fully saturated rings. The number of hydrogen-bond donors (Lipinski definition) is 1. The third kappa shape index (κ3) is 5.06. The van der Waals surface area contributed by atoms with Gasteiger partial charge >= 0.3 is 12.1 Å². The number of nitrogens with zero attached hydrogens (tertiary/aromatic N) is 2. The normalized spacial score (nSPS) is 17.8. The van der Waals surface area contributed by atoms with E-state index in [0.717, 1.165) is 33.2 Å². The number of aromatic amines is 1. The predicted octanol–water partition coefficient (Wildman–Crippen LogP) is 5.24. The minimum atomic E-state index is -4.61. The number of amides is 1. The van der Waals surface area contributed by atoms with Crippen LogP contribution in [0.5, 0.6) is 0 Å². The molecule has 0 saturated heterocycles. The Morgan fingerprint density at radius 2 is 1.94 bits per heavy atom. The average Bonchev–Trinajstić information content (AvgIpc) is 3.17. The van der Waals surface area contributed by atoms with Crippen molar-refractivity contribution in [1.82, 2.24) is 14.9 Å². The molecule has 6 nitrogen and oxygen atoms in total. The lowest BCUT2D eigenvalue weighted by atomic mass is 9.88. The lowest BCUT2D eigenvalue weighted by Crippen LogP contribution is -2.51. The molecule has 188 valence electrons. The zero-order valence-corrected chi connectivity index (χ0v) is 22.5. The van der Waals surface area contributed by atoms with Crippen LogP contribution in [0.2, 0.25) is 19.6 Å². The molecule has 11 heteroatoms. The fourth-order valence-electron chi connectivity index (χ4n) is 4.26. The summed E-state index contributed by atoms with van der Waals surface area (Å²) in [5.74, 6) is 1.43. The molecular formula is C25H23BrF3N3O3Si. The molecule has 3 heterocycles. The average molecular weight is 578 g/mol. The minimum absolute atomic E-state index is 0.156. The number of pyridine rings is 1. The van der Waals surface area contributed by atoms with Gasteiger partial charge in [0.25, 0.3) is 5.91 Å². The van der Waals surface area contributed by atoms with E-state index in [2.05, 4.69) is 37.4 Å². The van der Waals surface area contributed by atoms with Crippen LogP contribution >= 0.6 is 15.9 Å². The van der Waals surface area contributed by atoms with Gasteiger partial charge in [-0.2, -0.15) is 13.2 Å². The molecule has 0 aliphatic carbocycles. The highest BCUT2D eigenvalue weighted by Gasteiger charge is 2.44. The van der Waals surface area contributed by atoms with Crippen molar-refractivity contribution in [2.45, 2.75) is 44.3 Å². The van der Waals surface area contributed by atoms with Crippen molar-refractivity contribution in [3.63, 3.8) is 0 Å². The first-order chi connectivity index (χ1) is 16.8. The monoisotopic (exact) mass is 577 g/mol. The topological polar surface area (TPSA) is 75.3 Å². The van der Waals surface area contributed by atoms with Gasteiger partial charge in [-0.15, -0.1) is 5.54 Å². The number of hydrogen-bond acceptors (Lipinski definition) is 4. The smallest absolute Gasteiger partial charge is 0.433 e. The second-order valence-corrected chi connectivity index (χ2v) is 15.2. The molecule has 2 atom stereocenters. The summed E-state index contributed by atoms with van der Waals surface area (Å²) in [7, 11) is -0.719. The van der Waals surface area contributed by atoms with Gasteiger partial charge in [0.1, 0.15) is 25.9 Å². The zero-order chi connectivity index (χ0) is 26.4. The highest BCUT2D eigenvalue weighted by Crippen LogP contribution is 2.42. The number of alkyl halides is 3. The summed E-state index contributed by atoms with van der Waals surface area (Å²) in [6.07, 6.45) is -3.37. The molecular weight excluding hydrogens is 555 g/mol. The van der Waals surface area contributed by atoms with Crippen molar-refractivity contribution >= 4 is 46.8 Å². The summed E-state index contributed by atoms with van der Waals surface area (Å²) in [4.78, 5) is 34.7. The largest absolute Gasteiger partial charge is 0.467 e. The maximum atomic E-state index is 13.5. The van der Waals surface area contributed by atoms with Crippen LogP contribution in [0.15, 0.2) is 41.0 Å². The zero-order valence-electron chi connectivity index (χ0n) is 20.0. The Hall–Kier alpha value is -3.10. The summed E-state index contributed by atoms with van der Waals surface area (Å²) in [6, 6.07) is 5.77. The van der Waals surface area contributed by atoms with Crippen LogP contribution < -0.4 is 0 Å². The van der Waals surface area contributed by atoms with Gasteiger partial charge in [0, 0.05) is 33.7 Å². The third-order valence-corrected chi connectivity index (χ3v) is 7.20. The SMILES string of the molecule is COC(=O)[C@H]1Cc2c([nH]c3ccc(Br)cc23)[C@@H](c2ccc(C(F)(F)F)nc2)N1C(=O)C#C[Si](C)(C)C. The molecule has 1 amide bonds. The van der Waals surface area contributed by atoms with Crippen LogP contribution in [-0.4, -0.2) is 48.0 Å². The van der Waals surface area contributed by atoms with Crippen molar-refractivity contribution in [2.75, 3.05) is 7.11 Å². The van der Waals surface area contributed by atoms with E-state index < -0.39 is 43.9 Å². The number of benzene rings is 1. The van der Waals surface area contributed by atoms with Crippen LogP contribution in [0.25, 0.3) is 10.9 Å². The second-order valence-electron chi connectivity index (χ2n) is 9.54. The molecule has 3 aromatic rings. The molecule has 1 aliphatic heterocycles. The molecule has 1 N–H and O–H groups in total. The van der Waals surface area contributed by atoms with E-state index in [-0.39, 0.29) is 6.42 Å². The van der Waals surface area contributed by atoms with E-state index in [1.807, 2.05) is 37.8 Å². The quantitative estimate of drug-likeness (QED) is 0.257. The maximum Gasteiger partial charge on any atom is 0.433 e. The Morgan fingerprint density at radius 3 is 2.53 bits per heavy atom. The molecule has 4 rings (SSSR count). The summed E-state index contributed by atoms with van der Waals surface area (Å²) >= 11 is 3.46. The lowest BCUT2D eigenvalue weighted by molar-refractivity contribution is -0.153. The van der Waals surface area contributed by atoms with E-state index in [0.29, 0.717) is 11.3 Å². The molecule has 36 heavy (non-hydrogen) atoms. The van der Waals surface area contributed by atoms with Crippen molar-refractivity contribution in [3.05, 3.63) is 63.5 Å². The molecule has 0 radical (unpaired) electrons. The number of methoxy groups -OCH3 is 1. The molecule has 2 aromatic heterocycles. The molecule has 0 spiro atoms. The Kier molecular flexibility index (Phi) is 6.79. The van der Waals surface area contributed by atoms with E-state index in [4.69, 9.17) is 4.74 Å². The van der Waals surface area contributed by atoms with Gasteiger partial charge in [-0.3, -0.25) is 9.78 Å². The fourth-order valence-corrected chi connectivity index (χ4v) is 5.11. The molecule has 1 aliphatic rings. The van der Waals surface area contributed by atoms with Crippen molar-refractivity contribution in [3.8, 4) is 11.5 Å². The summed E-state index contributed by atoms with van der Waals surface area (Å²) in [5.41, 5.74) is 4.41. The van der Waals surface area contributed by atoms with E-state index in [9.17, 15) is 22.8 Å². The summed E-state index contributed by atoms with van der Waals surface area (Å²) < 4.78 is 45.4. The van der Waals surface area contributed by atoms with Gasteiger partial charge in [0.15, 0.2) is 0 Å². The van der Waals surface area contributed by atoms with Crippen LogP contribution in [0.3, 0.4) is 0 Å². The van der Waals surface area contributed by atoms with Crippen LogP contribution in [-0.2, 0) is 26.9 Å². The number of aromatic nitrogens is 2. The van der Waals surface area contributed by atoms with E-state index in [1.54, 1.807) is 0 Å². The standard InChI is InChI=1S/C25H23BrF3N3O3Si/c1-35-24(34)19-12-17-16-11-15(26)6-7-18(16)31-22(17)23(32(19)21(33)9-10-36(2,3)4)14-5-8-20(30-13-14)25(27,28)29/h5-8,11,13,19,23,31H,12H2,1-4H3/t19-,23-/m1/s1. The first kappa shape index (κ1) is 26.0. The van der Waals surface area contributed by atoms with Gasteiger partial charge in [-0.05, 0) is 41.3 Å². The van der Waals surface area contributed by atoms with Crippen molar-refractivity contribution < 1.29 is 27.5 Å². The minimum Gasteiger partial charge on any atom is -0.467 e. The number of carbonyl (C=O) groups is 2. The van der Waals surface area contributed by atoms with E-state index in [1.165, 1.54) is 18.1 Å². The first-order valence-electron chi connectivity index (χ1n) is 11.1. The summed E-state index contributed by atoms with van der Waals surface area (Å²) in [6.45, 7) is 5.94. The number of H-pyrrole nitrogens is 1. The number of halogens is 4. The van der Waals surface area contributed by atoms with Crippen molar-refractivity contribution in [2.24, 2.45) is 0 Å². The number of esters is 1. The van der Waals surface area contributed by atoms with Gasteiger partial charge < -0.3 is 14.6 Å². The molecule has 0 saturated carbocycles. The fraction of sp³-hybridized carbons (Fsp3) is 0.320. The Balaban J connectivity index is 1.96.